The Kier molecular flexibility index (Phi) is 2.01. The summed E-state index contributed by atoms with van der Waals surface area (Å²) in [4.78, 5) is 7.00. The Morgan fingerprint density at radius 2 is 2.44 bits per heavy atom. The molecule has 0 saturated heterocycles. The Bertz CT molecular complexity index is 576. The van der Waals surface area contributed by atoms with Gasteiger partial charge < -0.3 is 0 Å². The van der Waals surface area contributed by atoms with Crippen molar-refractivity contribution in [1.29, 1.82) is 0 Å². The summed E-state index contributed by atoms with van der Waals surface area (Å²) >= 11 is 0. The summed E-state index contributed by atoms with van der Waals surface area (Å²) in [5, 5.41) is 7.66. The molecule has 2 aromatic rings. The lowest BCUT2D eigenvalue weighted by molar-refractivity contribution is 0.862. The fourth-order valence-corrected chi connectivity index (χ4v) is 1.78. The zero-order chi connectivity index (χ0) is 11.0. The minimum Gasteiger partial charge on any atom is -0.221 e. The summed E-state index contributed by atoms with van der Waals surface area (Å²) < 4.78 is 1.72. The summed E-state index contributed by atoms with van der Waals surface area (Å²) in [6.45, 7) is 0.205. The van der Waals surface area contributed by atoms with Crippen LogP contribution in [0.5, 0.6) is 0 Å². The number of hydrogen-bond donors (Lipinski definition) is 0. The SMILES string of the molecule is [N-]=[N+]=NCc1nc2cc(C3CC3)ccn2n1. The summed E-state index contributed by atoms with van der Waals surface area (Å²) in [5.41, 5.74) is 10.4. The lowest BCUT2D eigenvalue weighted by atomic mass is 10.2. The van der Waals surface area contributed by atoms with E-state index in [0.717, 1.165) is 5.65 Å². The van der Waals surface area contributed by atoms with E-state index in [4.69, 9.17) is 5.53 Å². The smallest absolute Gasteiger partial charge is 0.157 e. The fourth-order valence-electron chi connectivity index (χ4n) is 1.78. The van der Waals surface area contributed by atoms with Crippen molar-refractivity contribution in [2.24, 2.45) is 5.11 Å². The van der Waals surface area contributed by atoms with E-state index in [1.54, 1.807) is 4.52 Å². The van der Waals surface area contributed by atoms with Gasteiger partial charge >= 0.3 is 0 Å². The van der Waals surface area contributed by atoms with Gasteiger partial charge in [0.2, 0.25) is 0 Å². The van der Waals surface area contributed by atoms with E-state index >= 15 is 0 Å². The molecule has 1 saturated carbocycles. The van der Waals surface area contributed by atoms with E-state index in [1.807, 2.05) is 6.20 Å². The molecule has 0 radical (unpaired) electrons. The van der Waals surface area contributed by atoms with Gasteiger partial charge in [-0.05, 0) is 42.0 Å². The lowest BCUT2D eigenvalue weighted by Crippen LogP contribution is -1.89. The fraction of sp³-hybridized carbons (Fsp3) is 0.400. The van der Waals surface area contributed by atoms with Gasteiger partial charge in [-0.15, -0.1) is 0 Å². The molecular weight excluding hydrogens is 204 g/mol. The van der Waals surface area contributed by atoms with Gasteiger partial charge in [-0.1, -0.05) is 5.11 Å². The standard InChI is InChI=1S/C10H10N6/c11-15-12-6-9-13-10-5-8(7-1-2-7)3-4-16(10)14-9/h3-5,7H,1-2,6H2. The zero-order valence-electron chi connectivity index (χ0n) is 8.61. The minimum atomic E-state index is 0.205. The van der Waals surface area contributed by atoms with Crippen LogP contribution in [0.3, 0.4) is 0 Å². The lowest BCUT2D eigenvalue weighted by Gasteiger charge is -1.96. The van der Waals surface area contributed by atoms with Gasteiger partial charge in [0.25, 0.3) is 0 Å². The van der Waals surface area contributed by atoms with Crippen molar-refractivity contribution in [1.82, 2.24) is 14.6 Å². The van der Waals surface area contributed by atoms with E-state index in [-0.39, 0.29) is 6.54 Å². The van der Waals surface area contributed by atoms with Crippen molar-refractivity contribution in [3.05, 3.63) is 40.2 Å². The number of aromatic nitrogens is 3. The number of hydrogen-bond acceptors (Lipinski definition) is 3. The zero-order valence-corrected chi connectivity index (χ0v) is 8.61. The molecule has 2 heterocycles. The van der Waals surface area contributed by atoms with Crippen LogP contribution in [0.15, 0.2) is 23.4 Å². The van der Waals surface area contributed by atoms with Crippen molar-refractivity contribution in [2.75, 3.05) is 0 Å². The van der Waals surface area contributed by atoms with Crippen LogP contribution in [0.1, 0.15) is 30.1 Å². The molecule has 1 aliphatic rings. The maximum absolute atomic E-state index is 8.22. The molecule has 0 N–H and O–H groups in total. The molecule has 0 amide bonds. The number of azide groups is 1. The first kappa shape index (κ1) is 9.18. The number of fused-ring (bicyclic) bond motifs is 1. The molecule has 0 bridgehead atoms. The average molecular weight is 214 g/mol. The van der Waals surface area contributed by atoms with E-state index < -0.39 is 0 Å². The predicted octanol–water partition coefficient (Wildman–Crippen LogP) is 2.42. The Morgan fingerprint density at radius 1 is 1.56 bits per heavy atom. The Hall–Kier alpha value is -2.07. The highest BCUT2D eigenvalue weighted by molar-refractivity contribution is 5.42. The second-order valence-electron chi connectivity index (χ2n) is 3.95. The molecule has 1 aliphatic carbocycles. The number of pyridine rings is 1. The monoisotopic (exact) mass is 214 g/mol. The molecule has 0 aromatic carbocycles. The highest BCUT2D eigenvalue weighted by Gasteiger charge is 2.23. The third kappa shape index (κ3) is 1.59. The van der Waals surface area contributed by atoms with Crippen LogP contribution in [0, 0.1) is 0 Å². The van der Waals surface area contributed by atoms with Crippen molar-refractivity contribution >= 4 is 5.65 Å². The highest BCUT2D eigenvalue weighted by atomic mass is 15.3. The van der Waals surface area contributed by atoms with E-state index in [2.05, 4.69) is 32.2 Å². The third-order valence-corrected chi connectivity index (χ3v) is 2.73. The predicted molar refractivity (Wildman–Crippen MR) is 57.8 cm³/mol. The molecule has 0 unspecified atom stereocenters. The van der Waals surface area contributed by atoms with E-state index in [0.29, 0.717) is 11.7 Å². The summed E-state index contributed by atoms with van der Waals surface area (Å²) in [7, 11) is 0. The minimum absolute atomic E-state index is 0.205. The van der Waals surface area contributed by atoms with Crippen LogP contribution in [0.2, 0.25) is 0 Å². The van der Waals surface area contributed by atoms with Crippen LogP contribution in [-0.2, 0) is 6.54 Å². The average Bonchev–Trinajstić information content (AvgIpc) is 3.06. The van der Waals surface area contributed by atoms with Crippen molar-refractivity contribution < 1.29 is 0 Å². The second kappa shape index (κ2) is 3.50. The van der Waals surface area contributed by atoms with Crippen LogP contribution in [0.4, 0.5) is 0 Å². The molecule has 16 heavy (non-hydrogen) atoms. The molecule has 6 heteroatoms. The van der Waals surface area contributed by atoms with E-state index in [1.165, 1.54) is 18.4 Å². The largest absolute Gasteiger partial charge is 0.221 e. The van der Waals surface area contributed by atoms with E-state index in [9.17, 15) is 0 Å². The second-order valence-corrected chi connectivity index (χ2v) is 3.95. The van der Waals surface area contributed by atoms with Crippen molar-refractivity contribution in [2.45, 2.75) is 25.3 Å². The molecule has 0 atom stereocenters. The molecule has 0 spiro atoms. The summed E-state index contributed by atoms with van der Waals surface area (Å²) in [5.74, 6) is 1.27. The molecule has 2 aromatic heterocycles. The van der Waals surface area contributed by atoms with Gasteiger partial charge in [-0.3, -0.25) is 0 Å². The molecule has 3 rings (SSSR count). The molecule has 6 nitrogen and oxygen atoms in total. The van der Waals surface area contributed by atoms with Crippen LogP contribution in [0.25, 0.3) is 16.1 Å². The molecular formula is C10H10N6. The molecule has 80 valence electrons. The van der Waals surface area contributed by atoms with Gasteiger partial charge in [0, 0.05) is 11.1 Å². The summed E-state index contributed by atoms with van der Waals surface area (Å²) in [6, 6.07) is 4.14. The first-order chi connectivity index (χ1) is 7.86. The number of nitrogens with zero attached hydrogens (tertiary/aromatic N) is 6. The normalized spacial score (nSPS) is 15.0. The van der Waals surface area contributed by atoms with Gasteiger partial charge in [0.05, 0.1) is 6.54 Å². The third-order valence-electron chi connectivity index (χ3n) is 2.73. The maximum Gasteiger partial charge on any atom is 0.157 e. The van der Waals surface area contributed by atoms with Crippen molar-refractivity contribution in [3.63, 3.8) is 0 Å². The Labute approximate surface area is 91.5 Å². The Morgan fingerprint density at radius 3 is 3.19 bits per heavy atom. The maximum atomic E-state index is 8.22. The highest BCUT2D eigenvalue weighted by Crippen LogP contribution is 2.40. The van der Waals surface area contributed by atoms with Crippen LogP contribution >= 0.6 is 0 Å². The van der Waals surface area contributed by atoms with Crippen molar-refractivity contribution in [3.8, 4) is 0 Å². The van der Waals surface area contributed by atoms with Gasteiger partial charge in [0.15, 0.2) is 11.5 Å². The first-order valence-electron chi connectivity index (χ1n) is 5.23. The quantitative estimate of drug-likeness (QED) is 0.446. The number of rotatable bonds is 3. The summed E-state index contributed by atoms with van der Waals surface area (Å²) in [6.07, 6.45) is 4.46. The van der Waals surface area contributed by atoms with Gasteiger partial charge in [-0.25, -0.2) is 9.50 Å². The van der Waals surface area contributed by atoms with Gasteiger partial charge in [-0.2, -0.15) is 5.10 Å². The Balaban J connectivity index is 1.99. The van der Waals surface area contributed by atoms with Gasteiger partial charge in [0.1, 0.15) is 0 Å². The molecule has 1 fully saturated rings. The molecule has 0 aliphatic heterocycles. The van der Waals surface area contributed by atoms with Crippen LogP contribution < -0.4 is 0 Å². The first-order valence-corrected chi connectivity index (χ1v) is 5.23. The van der Waals surface area contributed by atoms with Crippen LogP contribution in [-0.4, -0.2) is 14.6 Å². The topological polar surface area (TPSA) is 79.0 Å².